The number of nitrogens with one attached hydrogen (secondary N) is 1. The molecule has 0 bridgehead atoms. The molecule has 0 unspecified atom stereocenters. The number of aromatic amines is 1. The molecule has 1 atom stereocenters. The fraction of sp³-hybridized carbons (Fsp3) is 0.250. The molecule has 3 N–H and O–H groups in total. The summed E-state index contributed by atoms with van der Waals surface area (Å²) in [6, 6.07) is 8.39. The van der Waals surface area contributed by atoms with Gasteiger partial charge in [0.1, 0.15) is 0 Å². The van der Waals surface area contributed by atoms with Crippen LogP contribution in [-0.4, -0.2) is 30.3 Å². The van der Waals surface area contributed by atoms with E-state index >= 15 is 0 Å². The van der Waals surface area contributed by atoms with Crippen LogP contribution in [0.1, 0.15) is 31.2 Å². The summed E-state index contributed by atoms with van der Waals surface area (Å²) in [5, 5.41) is 11.0. The Hall–Kier alpha value is -3.55. The Morgan fingerprint density at radius 2 is 1.79 bits per heavy atom. The molecule has 1 aromatic carbocycles. The van der Waals surface area contributed by atoms with Gasteiger partial charge < -0.3 is 10.3 Å². The maximum atomic E-state index is 5.58. The Kier molecular flexibility index (Phi) is 3.71. The molecular formula is C20H19N7O. The van der Waals surface area contributed by atoms with Crippen molar-refractivity contribution in [1.82, 2.24) is 30.3 Å². The van der Waals surface area contributed by atoms with E-state index in [2.05, 4.69) is 61.5 Å². The highest BCUT2D eigenvalue weighted by atomic mass is 16.5. The van der Waals surface area contributed by atoms with E-state index in [-0.39, 0.29) is 11.4 Å². The highest BCUT2D eigenvalue weighted by Crippen LogP contribution is 2.50. The number of anilines is 1. The van der Waals surface area contributed by atoms with Gasteiger partial charge in [-0.2, -0.15) is 10.1 Å². The SMILES string of the molecule is C[C@](c1ccc(-c2cnc(N)nc2)cc1)(c1noc(-c2cn[nH]c2)n1)C1CC1. The number of H-pyrrole nitrogens is 1. The predicted molar refractivity (Wildman–Crippen MR) is 103 cm³/mol. The van der Waals surface area contributed by atoms with Gasteiger partial charge in [0.15, 0.2) is 5.82 Å². The van der Waals surface area contributed by atoms with Gasteiger partial charge in [-0.1, -0.05) is 29.4 Å². The molecule has 5 rings (SSSR count). The first kappa shape index (κ1) is 16.6. The Morgan fingerprint density at radius 1 is 1.04 bits per heavy atom. The molecule has 140 valence electrons. The Morgan fingerprint density at radius 3 is 2.43 bits per heavy atom. The largest absolute Gasteiger partial charge is 0.368 e. The zero-order valence-electron chi connectivity index (χ0n) is 15.3. The molecule has 3 aromatic heterocycles. The van der Waals surface area contributed by atoms with E-state index in [9.17, 15) is 0 Å². The highest BCUT2D eigenvalue weighted by molar-refractivity contribution is 5.63. The van der Waals surface area contributed by atoms with Crippen LogP contribution in [0.2, 0.25) is 0 Å². The van der Waals surface area contributed by atoms with Crippen LogP contribution in [0.3, 0.4) is 0 Å². The minimum Gasteiger partial charge on any atom is -0.368 e. The minimum absolute atomic E-state index is 0.271. The van der Waals surface area contributed by atoms with Crippen molar-refractivity contribution in [1.29, 1.82) is 0 Å². The van der Waals surface area contributed by atoms with Crippen LogP contribution >= 0.6 is 0 Å². The van der Waals surface area contributed by atoms with Crippen molar-refractivity contribution in [3.05, 3.63) is 60.4 Å². The fourth-order valence-corrected chi connectivity index (χ4v) is 3.62. The van der Waals surface area contributed by atoms with Gasteiger partial charge in [-0.05, 0) is 36.8 Å². The van der Waals surface area contributed by atoms with Crippen molar-refractivity contribution >= 4 is 5.95 Å². The number of hydrogen-bond donors (Lipinski definition) is 2. The smallest absolute Gasteiger partial charge is 0.261 e. The van der Waals surface area contributed by atoms with E-state index in [0.29, 0.717) is 17.6 Å². The summed E-state index contributed by atoms with van der Waals surface area (Å²) in [5.41, 5.74) is 9.18. The van der Waals surface area contributed by atoms with E-state index in [0.717, 1.165) is 35.1 Å². The Balaban J connectivity index is 1.50. The third-order valence-corrected chi connectivity index (χ3v) is 5.52. The van der Waals surface area contributed by atoms with Gasteiger partial charge in [-0.3, -0.25) is 5.10 Å². The number of hydrogen-bond acceptors (Lipinski definition) is 7. The summed E-state index contributed by atoms with van der Waals surface area (Å²) in [5.74, 6) is 1.95. The molecule has 8 heteroatoms. The predicted octanol–water partition coefficient (Wildman–Crippen LogP) is 3.21. The molecule has 0 amide bonds. The number of nitrogens with two attached hydrogens (primary N) is 1. The van der Waals surface area contributed by atoms with Gasteiger partial charge in [0, 0.05) is 24.2 Å². The number of aromatic nitrogens is 6. The lowest BCUT2D eigenvalue weighted by atomic mass is 9.77. The topological polar surface area (TPSA) is 119 Å². The van der Waals surface area contributed by atoms with Crippen LogP contribution < -0.4 is 5.73 Å². The van der Waals surface area contributed by atoms with Crippen molar-refractivity contribution < 1.29 is 4.52 Å². The molecule has 1 aliphatic rings. The molecule has 1 aliphatic carbocycles. The van der Waals surface area contributed by atoms with E-state index in [1.165, 1.54) is 0 Å². The molecule has 0 aliphatic heterocycles. The van der Waals surface area contributed by atoms with Crippen molar-refractivity contribution in [2.75, 3.05) is 5.73 Å². The van der Waals surface area contributed by atoms with E-state index in [1.54, 1.807) is 24.8 Å². The molecule has 28 heavy (non-hydrogen) atoms. The summed E-state index contributed by atoms with van der Waals surface area (Å²) in [4.78, 5) is 12.8. The highest BCUT2D eigenvalue weighted by Gasteiger charge is 2.47. The second-order valence-electron chi connectivity index (χ2n) is 7.29. The first-order chi connectivity index (χ1) is 13.6. The van der Waals surface area contributed by atoms with E-state index in [4.69, 9.17) is 10.3 Å². The standard InChI is InChI=1S/C20H19N7O/c1-20(16-6-7-16,18-26-17(28-27-18)14-10-24-25-11-14)15-4-2-12(3-5-15)13-8-22-19(21)23-9-13/h2-5,8-11,16H,6-7H2,1H3,(H,24,25)(H2,21,22,23)/t20-/m1/s1. The zero-order valence-corrected chi connectivity index (χ0v) is 15.3. The van der Waals surface area contributed by atoms with E-state index < -0.39 is 0 Å². The maximum absolute atomic E-state index is 5.58. The van der Waals surface area contributed by atoms with Gasteiger partial charge >= 0.3 is 0 Å². The summed E-state index contributed by atoms with van der Waals surface area (Å²) >= 11 is 0. The summed E-state index contributed by atoms with van der Waals surface area (Å²) in [6.45, 7) is 2.19. The molecule has 1 saturated carbocycles. The molecule has 0 saturated heterocycles. The third kappa shape index (κ3) is 2.74. The van der Waals surface area contributed by atoms with Gasteiger partial charge in [0.2, 0.25) is 5.95 Å². The average Bonchev–Trinajstić information content (AvgIpc) is 3.23. The first-order valence-electron chi connectivity index (χ1n) is 9.16. The van der Waals surface area contributed by atoms with Crippen LogP contribution in [0, 0.1) is 5.92 Å². The first-order valence-corrected chi connectivity index (χ1v) is 9.16. The number of nitrogen functional groups attached to an aromatic ring is 1. The van der Waals surface area contributed by atoms with Crippen molar-refractivity contribution in [3.63, 3.8) is 0 Å². The second-order valence-corrected chi connectivity index (χ2v) is 7.29. The van der Waals surface area contributed by atoms with Crippen LogP contribution in [0.5, 0.6) is 0 Å². The number of benzene rings is 1. The van der Waals surface area contributed by atoms with Crippen LogP contribution in [0.4, 0.5) is 5.95 Å². The second kappa shape index (κ2) is 6.26. The fourth-order valence-electron chi connectivity index (χ4n) is 3.62. The normalized spacial score (nSPS) is 16.0. The Labute approximate surface area is 161 Å². The molecule has 0 radical (unpaired) electrons. The van der Waals surface area contributed by atoms with E-state index in [1.807, 2.05) is 0 Å². The third-order valence-electron chi connectivity index (χ3n) is 5.52. The van der Waals surface area contributed by atoms with Gasteiger partial charge in [0.25, 0.3) is 5.89 Å². The average molecular weight is 373 g/mol. The molecule has 4 aromatic rings. The molecule has 0 spiro atoms. The van der Waals surface area contributed by atoms with Crippen molar-refractivity contribution in [3.8, 4) is 22.6 Å². The molecule has 3 heterocycles. The molecular weight excluding hydrogens is 354 g/mol. The lowest BCUT2D eigenvalue weighted by molar-refractivity contribution is 0.386. The quantitative estimate of drug-likeness (QED) is 0.551. The molecule has 1 fully saturated rings. The van der Waals surface area contributed by atoms with Crippen molar-refractivity contribution in [2.45, 2.75) is 25.2 Å². The summed E-state index contributed by atoms with van der Waals surface area (Å²) in [6.07, 6.45) is 9.19. The minimum atomic E-state index is -0.304. The molecule has 8 nitrogen and oxygen atoms in total. The lowest BCUT2D eigenvalue weighted by Crippen LogP contribution is -2.28. The lowest BCUT2D eigenvalue weighted by Gasteiger charge is -2.27. The van der Waals surface area contributed by atoms with Gasteiger partial charge in [-0.15, -0.1) is 0 Å². The van der Waals surface area contributed by atoms with Gasteiger partial charge in [0.05, 0.1) is 17.2 Å². The van der Waals surface area contributed by atoms with Crippen LogP contribution in [0.15, 0.2) is 53.6 Å². The van der Waals surface area contributed by atoms with Crippen molar-refractivity contribution in [2.24, 2.45) is 5.92 Å². The van der Waals surface area contributed by atoms with Gasteiger partial charge in [-0.25, -0.2) is 9.97 Å². The van der Waals surface area contributed by atoms with Crippen LogP contribution in [0.25, 0.3) is 22.6 Å². The number of nitrogens with zero attached hydrogens (tertiary/aromatic N) is 5. The summed E-state index contributed by atoms with van der Waals surface area (Å²) in [7, 11) is 0. The Bertz CT molecular complexity index is 1080. The summed E-state index contributed by atoms with van der Waals surface area (Å²) < 4.78 is 5.51. The monoisotopic (exact) mass is 373 g/mol. The number of rotatable bonds is 5. The van der Waals surface area contributed by atoms with Crippen LogP contribution in [-0.2, 0) is 5.41 Å². The zero-order chi connectivity index (χ0) is 19.1. The maximum Gasteiger partial charge on any atom is 0.261 e.